The van der Waals surface area contributed by atoms with Gasteiger partial charge in [0.05, 0.1) is 0 Å². The Morgan fingerprint density at radius 1 is 1.22 bits per heavy atom. The number of guanidine groups is 1. The van der Waals surface area contributed by atoms with Gasteiger partial charge in [0.2, 0.25) is 0 Å². The molecule has 0 radical (unpaired) electrons. The van der Waals surface area contributed by atoms with Crippen LogP contribution in [0, 0.1) is 5.41 Å². The van der Waals surface area contributed by atoms with Gasteiger partial charge in [-0.25, -0.2) is 0 Å². The fraction of sp³-hybridized carbons (Fsp3) is 0.667. The van der Waals surface area contributed by atoms with Crippen LogP contribution in [0.4, 0.5) is 0 Å². The Morgan fingerprint density at radius 2 is 2.00 bits per heavy atom. The van der Waals surface area contributed by atoms with Crippen LogP contribution in [-0.4, -0.2) is 30.6 Å². The highest BCUT2D eigenvalue weighted by Gasteiger charge is 2.31. The number of nitrogens with zero attached hydrogens (tertiary/aromatic N) is 2. The molecular weight excluding hydrogens is 399 g/mol. The molecule has 1 aliphatic rings. The second-order valence-electron chi connectivity index (χ2n) is 6.25. The molecule has 0 aliphatic heterocycles. The Bertz CT molecular complexity index is 455. The van der Waals surface area contributed by atoms with E-state index in [-0.39, 0.29) is 24.0 Å². The number of rotatable bonds is 7. The van der Waals surface area contributed by atoms with E-state index in [0.717, 1.165) is 37.7 Å². The van der Waals surface area contributed by atoms with Crippen molar-refractivity contribution in [1.29, 1.82) is 0 Å². The Labute approximate surface area is 158 Å². The van der Waals surface area contributed by atoms with Gasteiger partial charge in [-0.3, -0.25) is 9.98 Å². The zero-order chi connectivity index (χ0) is 15.7. The molecule has 0 saturated heterocycles. The minimum Gasteiger partial charge on any atom is -0.357 e. The quantitative estimate of drug-likeness (QED) is 0.394. The SMILES string of the molecule is CCNC(=NCC1(CC)CCCC1)NCCc1ccccn1.I. The standard InChI is InChI=1S/C18H30N4.HI/c1-3-18(11-6-7-12-18)15-22-17(19-4-2)21-14-10-16-9-5-8-13-20-16;/h5,8-9,13H,3-4,6-7,10-12,14-15H2,1-2H3,(H2,19,21,22);1H. The summed E-state index contributed by atoms with van der Waals surface area (Å²) in [6, 6.07) is 6.05. The second kappa shape index (κ2) is 10.8. The molecule has 0 unspecified atom stereocenters. The Kier molecular flexibility index (Phi) is 9.52. The normalized spacial score (nSPS) is 16.7. The zero-order valence-corrected chi connectivity index (χ0v) is 16.8. The van der Waals surface area contributed by atoms with Gasteiger partial charge in [-0.2, -0.15) is 0 Å². The van der Waals surface area contributed by atoms with Crippen molar-refractivity contribution in [2.24, 2.45) is 10.4 Å². The molecule has 0 aromatic carbocycles. The number of hydrogen-bond acceptors (Lipinski definition) is 2. The molecule has 2 rings (SSSR count). The van der Waals surface area contributed by atoms with Gasteiger partial charge in [-0.1, -0.05) is 25.8 Å². The van der Waals surface area contributed by atoms with Gasteiger partial charge in [-0.15, -0.1) is 24.0 Å². The highest BCUT2D eigenvalue weighted by molar-refractivity contribution is 14.0. The van der Waals surface area contributed by atoms with Gasteiger partial charge < -0.3 is 10.6 Å². The van der Waals surface area contributed by atoms with E-state index >= 15 is 0 Å². The van der Waals surface area contributed by atoms with Crippen LogP contribution in [0.5, 0.6) is 0 Å². The number of halogens is 1. The third kappa shape index (κ3) is 6.65. The maximum atomic E-state index is 4.84. The Balaban J connectivity index is 0.00000264. The van der Waals surface area contributed by atoms with E-state index in [9.17, 15) is 0 Å². The summed E-state index contributed by atoms with van der Waals surface area (Å²) in [5, 5.41) is 6.79. The van der Waals surface area contributed by atoms with E-state index in [0.29, 0.717) is 5.41 Å². The molecule has 1 aromatic rings. The molecule has 1 aromatic heterocycles. The van der Waals surface area contributed by atoms with Gasteiger partial charge >= 0.3 is 0 Å². The summed E-state index contributed by atoms with van der Waals surface area (Å²) < 4.78 is 0. The lowest BCUT2D eigenvalue weighted by Crippen LogP contribution is -2.39. The maximum Gasteiger partial charge on any atom is 0.191 e. The lowest BCUT2D eigenvalue weighted by molar-refractivity contribution is 0.297. The Morgan fingerprint density at radius 3 is 2.61 bits per heavy atom. The van der Waals surface area contributed by atoms with Crippen LogP contribution in [0.1, 0.15) is 51.6 Å². The van der Waals surface area contributed by atoms with Crippen molar-refractivity contribution in [1.82, 2.24) is 15.6 Å². The van der Waals surface area contributed by atoms with Gasteiger partial charge in [0, 0.05) is 37.9 Å². The summed E-state index contributed by atoms with van der Waals surface area (Å²) in [6.45, 7) is 7.13. The summed E-state index contributed by atoms with van der Waals surface area (Å²) in [7, 11) is 0. The number of hydrogen-bond donors (Lipinski definition) is 2. The molecule has 23 heavy (non-hydrogen) atoms. The number of aromatic nitrogens is 1. The summed E-state index contributed by atoms with van der Waals surface area (Å²) in [5.41, 5.74) is 1.57. The smallest absolute Gasteiger partial charge is 0.191 e. The van der Waals surface area contributed by atoms with Crippen LogP contribution in [-0.2, 0) is 6.42 Å². The van der Waals surface area contributed by atoms with Crippen molar-refractivity contribution in [3.05, 3.63) is 30.1 Å². The first-order valence-electron chi connectivity index (χ1n) is 8.70. The minimum atomic E-state index is 0. The summed E-state index contributed by atoms with van der Waals surface area (Å²) in [4.78, 5) is 9.20. The van der Waals surface area contributed by atoms with E-state index < -0.39 is 0 Å². The van der Waals surface area contributed by atoms with Gasteiger partial charge in [0.1, 0.15) is 0 Å². The predicted molar refractivity (Wildman–Crippen MR) is 109 cm³/mol. The van der Waals surface area contributed by atoms with Crippen LogP contribution in [0.2, 0.25) is 0 Å². The first-order valence-corrected chi connectivity index (χ1v) is 8.70. The molecule has 2 N–H and O–H groups in total. The highest BCUT2D eigenvalue weighted by Crippen LogP contribution is 2.41. The molecule has 1 aliphatic carbocycles. The van der Waals surface area contributed by atoms with Crippen LogP contribution in [0.25, 0.3) is 0 Å². The average molecular weight is 430 g/mol. The topological polar surface area (TPSA) is 49.3 Å². The van der Waals surface area contributed by atoms with Crippen molar-refractivity contribution in [3.63, 3.8) is 0 Å². The van der Waals surface area contributed by atoms with Crippen molar-refractivity contribution in [2.45, 2.75) is 52.4 Å². The summed E-state index contributed by atoms with van der Waals surface area (Å²) in [5.74, 6) is 0.943. The largest absolute Gasteiger partial charge is 0.357 e. The van der Waals surface area contributed by atoms with Crippen LogP contribution >= 0.6 is 24.0 Å². The molecule has 0 amide bonds. The molecule has 1 saturated carbocycles. The zero-order valence-electron chi connectivity index (χ0n) is 14.5. The third-order valence-corrected chi connectivity index (χ3v) is 4.73. The number of nitrogens with one attached hydrogen (secondary N) is 2. The van der Waals surface area contributed by atoms with Crippen LogP contribution < -0.4 is 10.6 Å². The van der Waals surface area contributed by atoms with E-state index in [1.165, 1.54) is 32.1 Å². The maximum absolute atomic E-state index is 4.84. The second-order valence-corrected chi connectivity index (χ2v) is 6.25. The molecular formula is C18H31IN4. The summed E-state index contributed by atoms with van der Waals surface area (Å²) in [6.07, 6.45) is 9.41. The van der Waals surface area contributed by atoms with E-state index in [1.807, 2.05) is 18.3 Å². The van der Waals surface area contributed by atoms with Gasteiger partial charge in [0.25, 0.3) is 0 Å². The van der Waals surface area contributed by atoms with Crippen molar-refractivity contribution >= 4 is 29.9 Å². The molecule has 130 valence electrons. The fourth-order valence-corrected chi connectivity index (χ4v) is 3.19. The minimum absolute atomic E-state index is 0. The Hall–Kier alpha value is -0.850. The molecule has 4 nitrogen and oxygen atoms in total. The average Bonchev–Trinajstić information content (AvgIpc) is 3.03. The van der Waals surface area contributed by atoms with E-state index in [2.05, 4.69) is 35.5 Å². The first kappa shape index (κ1) is 20.2. The van der Waals surface area contributed by atoms with Crippen molar-refractivity contribution < 1.29 is 0 Å². The monoisotopic (exact) mass is 430 g/mol. The summed E-state index contributed by atoms with van der Waals surface area (Å²) >= 11 is 0. The molecule has 0 bridgehead atoms. The van der Waals surface area contributed by atoms with Crippen molar-refractivity contribution in [2.75, 3.05) is 19.6 Å². The molecule has 0 atom stereocenters. The van der Waals surface area contributed by atoms with Gasteiger partial charge in [-0.05, 0) is 43.7 Å². The predicted octanol–water partition coefficient (Wildman–Crippen LogP) is 3.77. The van der Waals surface area contributed by atoms with E-state index in [4.69, 9.17) is 4.99 Å². The number of pyridine rings is 1. The number of aliphatic imine (C=N–C) groups is 1. The molecule has 0 spiro atoms. The van der Waals surface area contributed by atoms with Crippen LogP contribution in [0.15, 0.2) is 29.4 Å². The first-order chi connectivity index (χ1) is 10.8. The van der Waals surface area contributed by atoms with Crippen LogP contribution in [0.3, 0.4) is 0 Å². The fourth-order valence-electron chi connectivity index (χ4n) is 3.19. The molecule has 1 heterocycles. The highest BCUT2D eigenvalue weighted by atomic mass is 127. The van der Waals surface area contributed by atoms with Crippen molar-refractivity contribution in [3.8, 4) is 0 Å². The lowest BCUT2D eigenvalue weighted by Gasteiger charge is -2.25. The third-order valence-electron chi connectivity index (χ3n) is 4.73. The van der Waals surface area contributed by atoms with Gasteiger partial charge in [0.15, 0.2) is 5.96 Å². The molecule has 1 fully saturated rings. The van der Waals surface area contributed by atoms with E-state index in [1.54, 1.807) is 0 Å². The molecule has 5 heteroatoms. The lowest BCUT2D eigenvalue weighted by atomic mass is 9.84.